The summed E-state index contributed by atoms with van der Waals surface area (Å²) in [4.78, 5) is 19.3. The lowest BCUT2D eigenvalue weighted by molar-refractivity contribution is -0.137. The molecule has 0 unspecified atom stereocenters. The lowest BCUT2D eigenvalue weighted by atomic mass is 10.6. The molecule has 4 heteroatoms. The van der Waals surface area contributed by atoms with Gasteiger partial charge < -0.3 is 9.84 Å². The second-order valence-corrected chi connectivity index (χ2v) is 1.50. The summed E-state index contributed by atoms with van der Waals surface area (Å²) in [5, 5.41) is 7.60. The van der Waals surface area contributed by atoms with Gasteiger partial charge in [-0.1, -0.05) is 13.2 Å². The molecule has 1 N–H and O–H groups in total. The number of rotatable bonds is 3. The maximum absolute atomic E-state index is 10.1. The number of carbonyl (C=O) groups excluding carboxylic acids is 1. The summed E-state index contributed by atoms with van der Waals surface area (Å²) >= 11 is 0. The number of esters is 1. The van der Waals surface area contributed by atoms with E-state index in [9.17, 15) is 9.59 Å². The zero-order valence-corrected chi connectivity index (χ0v) is 6.95. The van der Waals surface area contributed by atoms with E-state index in [0.717, 1.165) is 12.2 Å². The summed E-state index contributed by atoms with van der Waals surface area (Å²) in [5.41, 5.74) is 0. The van der Waals surface area contributed by atoms with Gasteiger partial charge in [0.05, 0.1) is 6.61 Å². The molecule has 0 aromatic rings. The van der Waals surface area contributed by atoms with Gasteiger partial charge in [0.15, 0.2) is 0 Å². The van der Waals surface area contributed by atoms with Gasteiger partial charge in [-0.2, -0.15) is 0 Å². The Morgan fingerprint density at radius 1 is 1.42 bits per heavy atom. The number of ether oxygens (including phenoxy) is 1. The molecule has 0 aliphatic carbocycles. The van der Waals surface area contributed by atoms with E-state index in [4.69, 9.17) is 5.11 Å². The smallest absolute Gasteiger partial charge is 0.330 e. The number of carbonyl (C=O) groups is 2. The molecule has 0 saturated carbocycles. The van der Waals surface area contributed by atoms with Crippen molar-refractivity contribution in [3.8, 4) is 0 Å². The van der Waals surface area contributed by atoms with E-state index in [-0.39, 0.29) is 5.97 Å². The third kappa shape index (κ3) is 15.8. The first kappa shape index (κ1) is 13.0. The molecule has 0 heterocycles. The van der Waals surface area contributed by atoms with Crippen molar-refractivity contribution >= 4 is 11.9 Å². The molecule has 0 aliphatic rings. The van der Waals surface area contributed by atoms with Crippen molar-refractivity contribution in [1.82, 2.24) is 0 Å². The van der Waals surface area contributed by atoms with Crippen LogP contribution in [0.5, 0.6) is 0 Å². The third-order valence-electron chi connectivity index (χ3n) is 0.628. The molecule has 68 valence electrons. The van der Waals surface area contributed by atoms with Crippen LogP contribution in [-0.4, -0.2) is 23.7 Å². The molecule has 0 spiro atoms. The van der Waals surface area contributed by atoms with Gasteiger partial charge in [-0.15, -0.1) is 0 Å². The van der Waals surface area contributed by atoms with Gasteiger partial charge in [0, 0.05) is 12.2 Å². The summed E-state index contributed by atoms with van der Waals surface area (Å²) in [5.74, 6) is -1.34. The molecule has 0 aliphatic heterocycles. The minimum atomic E-state index is -0.981. The number of aliphatic carboxylic acids is 1. The van der Waals surface area contributed by atoms with Crippen molar-refractivity contribution < 1.29 is 19.4 Å². The monoisotopic (exact) mass is 172 g/mol. The molecule has 0 bridgehead atoms. The fraction of sp³-hybridized carbons (Fsp3) is 0.250. The topological polar surface area (TPSA) is 63.6 Å². The molecule has 0 saturated heterocycles. The molecule has 12 heavy (non-hydrogen) atoms. The Bertz CT molecular complexity index is 172. The van der Waals surface area contributed by atoms with Crippen LogP contribution in [0.3, 0.4) is 0 Å². The van der Waals surface area contributed by atoms with Crippen LogP contribution in [0.15, 0.2) is 25.3 Å². The standard InChI is InChI=1S/C5H8O2.C3H4O2/c1-3-5(6)7-4-2;1-2-3(4)5/h3H,1,4H2,2H3;2H,1H2,(H,4,5). The molecule has 0 amide bonds. The maximum Gasteiger partial charge on any atom is 0.330 e. The van der Waals surface area contributed by atoms with Gasteiger partial charge in [0.1, 0.15) is 0 Å². The summed E-state index contributed by atoms with van der Waals surface area (Å²) in [6.07, 6.45) is 1.98. The van der Waals surface area contributed by atoms with E-state index >= 15 is 0 Å². The molecular weight excluding hydrogens is 160 g/mol. The molecule has 0 fully saturated rings. The zero-order valence-electron chi connectivity index (χ0n) is 6.95. The summed E-state index contributed by atoms with van der Waals surface area (Å²) in [6.45, 7) is 8.34. The van der Waals surface area contributed by atoms with Gasteiger partial charge in [0.25, 0.3) is 0 Å². The first-order valence-corrected chi connectivity index (χ1v) is 3.23. The van der Waals surface area contributed by atoms with Crippen LogP contribution in [0, 0.1) is 0 Å². The van der Waals surface area contributed by atoms with Crippen LogP contribution in [0.4, 0.5) is 0 Å². The van der Waals surface area contributed by atoms with E-state index in [0.29, 0.717) is 6.61 Å². The predicted molar refractivity (Wildman–Crippen MR) is 44.7 cm³/mol. The van der Waals surface area contributed by atoms with Crippen molar-refractivity contribution in [2.75, 3.05) is 6.61 Å². The number of hydrogen-bond donors (Lipinski definition) is 1. The highest BCUT2D eigenvalue weighted by atomic mass is 16.5. The number of hydrogen-bond acceptors (Lipinski definition) is 3. The number of carboxylic acids is 1. The minimum Gasteiger partial charge on any atom is -0.478 e. The second-order valence-electron chi connectivity index (χ2n) is 1.50. The molecule has 0 rings (SSSR count). The minimum absolute atomic E-state index is 0.359. The van der Waals surface area contributed by atoms with Gasteiger partial charge >= 0.3 is 11.9 Å². The zero-order chi connectivity index (χ0) is 9.98. The Labute approximate surface area is 71.2 Å². The highest BCUT2D eigenvalue weighted by molar-refractivity contribution is 5.81. The first-order valence-electron chi connectivity index (χ1n) is 3.23. The van der Waals surface area contributed by atoms with E-state index in [1.807, 2.05) is 0 Å². The first-order chi connectivity index (χ1) is 5.58. The molecule has 0 radical (unpaired) electrons. The summed E-state index contributed by atoms with van der Waals surface area (Å²) in [6, 6.07) is 0. The largest absolute Gasteiger partial charge is 0.478 e. The van der Waals surface area contributed by atoms with Crippen molar-refractivity contribution in [2.45, 2.75) is 6.92 Å². The van der Waals surface area contributed by atoms with Crippen LogP contribution in [0.2, 0.25) is 0 Å². The van der Waals surface area contributed by atoms with Gasteiger partial charge in [-0.25, -0.2) is 9.59 Å². The Morgan fingerprint density at radius 2 is 1.83 bits per heavy atom. The Kier molecular flexibility index (Phi) is 10.2. The lowest BCUT2D eigenvalue weighted by Crippen LogP contribution is -1.97. The quantitative estimate of drug-likeness (QED) is 0.509. The van der Waals surface area contributed by atoms with Gasteiger partial charge in [0.2, 0.25) is 0 Å². The van der Waals surface area contributed by atoms with Crippen molar-refractivity contribution in [3.63, 3.8) is 0 Å². The van der Waals surface area contributed by atoms with Crippen LogP contribution in [0.1, 0.15) is 6.92 Å². The Hall–Kier alpha value is -1.58. The van der Waals surface area contributed by atoms with Crippen molar-refractivity contribution in [3.05, 3.63) is 25.3 Å². The fourth-order valence-corrected chi connectivity index (χ4v) is 0.201. The second kappa shape index (κ2) is 9.42. The Morgan fingerprint density at radius 3 is 1.92 bits per heavy atom. The van der Waals surface area contributed by atoms with E-state index in [1.54, 1.807) is 6.92 Å². The van der Waals surface area contributed by atoms with E-state index < -0.39 is 5.97 Å². The molecule has 0 aromatic carbocycles. The highest BCUT2D eigenvalue weighted by Crippen LogP contribution is 1.74. The van der Waals surface area contributed by atoms with Gasteiger partial charge in [-0.05, 0) is 6.92 Å². The lowest BCUT2D eigenvalue weighted by Gasteiger charge is -1.90. The Balaban J connectivity index is 0. The van der Waals surface area contributed by atoms with E-state index in [2.05, 4.69) is 17.9 Å². The maximum atomic E-state index is 10.1. The summed E-state index contributed by atoms with van der Waals surface area (Å²) < 4.78 is 4.43. The van der Waals surface area contributed by atoms with Crippen LogP contribution >= 0.6 is 0 Å². The van der Waals surface area contributed by atoms with Crippen LogP contribution in [-0.2, 0) is 14.3 Å². The molecule has 4 nitrogen and oxygen atoms in total. The normalized spacial score (nSPS) is 7.08. The average molecular weight is 172 g/mol. The number of carboxylic acid groups (broad SMARTS) is 1. The average Bonchev–Trinajstić information content (AvgIpc) is 2.06. The third-order valence-corrected chi connectivity index (χ3v) is 0.628. The van der Waals surface area contributed by atoms with Crippen LogP contribution in [0.25, 0.3) is 0 Å². The fourth-order valence-electron chi connectivity index (χ4n) is 0.201. The SMILES string of the molecule is C=CC(=O)O.C=CC(=O)OCC. The van der Waals surface area contributed by atoms with Gasteiger partial charge in [-0.3, -0.25) is 0 Å². The summed E-state index contributed by atoms with van der Waals surface area (Å²) in [7, 11) is 0. The molecule has 0 aromatic heterocycles. The van der Waals surface area contributed by atoms with Crippen molar-refractivity contribution in [2.24, 2.45) is 0 Å². The van der Waals surface area contributed by atoms with Crippen molar-refractivity contribution in [1.29, 1.82) is 0 Å². The predicted octanol–water partition coefficient (Wildman–Crippen LogP) is 0.992. The molecular formula is C8H12O4. The van der Waals surface area contributed by atoms with E-state index in [1.165, 1.54) is 0 Å². The van der Waals surface area contributed by atoms with Crippen LogP contribution < -0.4 is 0 Å². The molecule has 0 atom stereocenters. The highest BCUT2D eigenvalue weighted by Gasteiger charge is 1.86.